The second-order valence-corrected chi connectivity index (χ2v) is 9.30. The lowest BCUT2D eigenvalue weighted by Gasteiger charge is -2.32. The number of nitrogens with one attached hydrogen (secondary N) is 2. The summed E-state index contributed by atoms with van der Waals surface area (Å²) in [5.41, 5.74) is -2.99. The molecular weight excluding hydrogens is 511 g/mol. The zero-order chi connectivity index (χ0) is 23.7. The Balaban J connectivity index is 1.72. The molecule has 1 fully saturated rings. The van der Waals surface area contributed by atoms with Crippen LogP contribution < -0.4 is 10.6 Å². The summed E-state index contributed by atoms with van der Waals surface area (Å²) in [6.45, 7) is -0.725. The van der Waals surface area contributed by atoms with Gasteiger partial charge < -0.3 is 15.7 Å². The van der Waals surface area contributed by atoms with Crippen LogP contribution in [0.4, 0.5) is 18.9 Å². The minimum Gasteiger partial charge on any atom is -0.381 e. The van der Waals surface area contributed by atoms with E-state index in [0.717, 1.165) is 25.0 Å². The number of benzene rings is 2. The Morgan fingerprint density at radius 3 is 2.19 bits per heavy atom. The standard InChI is InChI=1S/C21H19Cl4F3N2O2/c22-15-8-14(4-3-12(15)9-29-18(31)5-11-1-2-11)30-10-20(32,21(26,27)28)13-6-16(23)19(25)17(24)7-13/h3-4,6-8,11,30,32H,1-2,5,9-10H2,(H,29,31)/t20-/m1/s1. The molecule has 0 aromatic heterocycles. The fourth-order valence-electron chi connectivity index (χ4n) is 3.04. The van der Waals surface area contributed by atoms with Crippen molar-refractivity contribution in [2.45, 2.75) is 37.6 Å². The van der Waals surface area contributed by atoms with E-state index >= 15 is 0 Å². The molecule has 2 aromatic carbocycles. The predicted octanol–water partition coefficient (Wildman–Crippen LogP) is 6.58. The molecule has 4 nitrogen and oxygen atoms in total. The molecule has 1 aliphatic rings. The summed E-state index contributed by atoms with van der Waals surface area (Å²) < 4.78 is 41.4. The molecule has 3 N–H and O–H groups in total. The summed E-state index contributed by atoms with van der Waals surface area (Å²) in [5, 5.41) is 15.6. The molecule has 1 aliphatic carbocycles. The van der Waals surface area contributed by atoms with Gasteiger partial charge in [-0.05, 0) is 54.2 Å². The summed E-state index contributed by atoms with van der Waals surface area (Å²) in [5.74, 6) is 0.385. The minimum absolute atomic E-state index is 0.0682. The normalized spacial score (nSPS) is 15.9. The van der Waals surface area contributed by atoms with Crippen LogP contribution in [0.2, 0.25) is 20.1 Å². The molecule has 32 heavy (non-hydrogen) atoms. The van der Waals surface area contributed by atoms with E-state index in [1.807, 2.05) is 0 Å². The number of rotatable bonds is 8. The maximum absolute atomic E-state index is 13.8. The van der Waals surface area contributed by atoms with E-state index in [1.54, 1.807) is 6.07 Å². The van der Waals surface area contributed by atoms with E-state index in [9.17, 15) is 23.1 Å². The fourth-order valence-corrected chi connectivity index (χ4v) is 3.88. The monoisotopic (exact) mass is 528 g/mol. The summed E-state index contributed by atoms with van der Waals surface area (Å²) in [4.78, 5) is 11.8. The van der Waals surface area contributed by atoms with Gasteiger partial charge in [-0.25, -0.2) is 0 Å². The van der Waals surface area contributed by atoms with Gasteiger partial charge in [0.05, 0.1) is 21.6 Å². The average Bonchev–Trinajstić information content (AvgIpc) is 3.52. The quantitative estimate of drug-likeness (QED) is 0.338. The van der Waals surface area contributed by atoms with E-state index < -0.39 is 23.9 Å². The smallest absolute Gasteiger partial charge is 0.381 e. The molecule has 1 saturated carbocycles. The lowest BCUT2D eigenvalue weighted by molar-refractivity contribution is -0.260. The van der Waals surface area contributed by atoms with Crippen LogP contribution in [0, 0.1) is 5.92 Å². The SMILES string of the molecule is O=C(CC1CC1)NCc1ccc(NC[C@@](O)(c2cc(Cl)c(Cl)c(Cl)c2)C(F)(F)F)cc1Cl. The van der Waals surface area contributed by atoms with E-state index in [4.69, 9.17) is 46.4 Å². The second kappa shape index (κ2) is 9.85. The third-order valence-corrected chi connectivity index (χ3v) is 6.73. The van der Waals surface area contributed by atoms with Crippen molar-refractivity contribution in [3.63, 3.8) is 0 Å². The first-order valence-corrected chi connectivity index (χ1v) is 11.1. The third-order valence-electron chi connectivity index (χ3n) is 5.18. The topological polar surface area (TPSA) is 61.4 Å². The van der Waals surface area contributed by atoms with Crippen molar-refractivity contribution >= 4 is 58.0 Å². The van der Waals surface area contributed by atoms with E-state index in [2.05, 4.69) is 10.6 Å². The number of hydrogen-bond acceptors (Lipinski definition) is 3. The van der Waals surface area contributed by atoms with Crippen molar-refractivity contribution < 1.29 is 23.1 Å². The summed E-state index contributed by atoms with van der Waals surface area (Å²) in [6, 6.07) is 6.36. The van der Waals surface area contributed by atoms with Crippen LogP contribution in [-0.2, 0) is 16.9 Å². The molecule has 3 rings (SSSR count). The second-order valence-electron chi connectivity index (χ2n) is 7.70. The first-order chi connectivity index (χ1) is 14.9. The lowest BCUT2D eigenvalue weighted by Crippen LogP contribution is -2.47. The Morgan fingerprint density at radius 2 is 1.66 bits per heavy atom. The Morgan fingerprint density at radius 1 is 1.03 bits per heavy atom. The fraction of sp³-hybridized carbons (Fsp3) is 0.381. The van der Waals surface area contributed by atoms with Gasteiger partial charge in [0.1, 0.15) is 0 Å². The van der Waals surface area contributed by atoms with Crippen LogP contribution in [0.3, 0.4) is 0 Å². The number of anilines is 1. The number of amides is 1. The van der Waals surface area contributed by atoms with Gasteiger partial charge in [0, 0.05) is 23.7 Å². The summed E-state index contributed by atoms with van der Waals surface area (Å²) >= 11 is 23.7. The minimum atomic E-state index is -5.05. The molecule has 0 heterocycles. The van der Waals surface area contributed by atoms with Gasteiger partial charge in [-0.1, -0.05) is 52.5 Å². The highest BCUT2D eigenvalue weighted by Crippen LogP contribution is 2.43. The lowest BCUT2D eigenvalue weighted by atomic mass is 9.92. The van der Waals surface area contributed by atoms with Crippen molar-refractivity contribution in [2.24, 2.45) is 5.92 Å². The van der Waals surface area contributed by atoms with Crippen LogP contribution in [-0.4, -0.2) is 23.7 Å². The zero-order valence-corrected chi connectivity index (χ0v) is 19.5. The Bertz CT molecular complexity index is 992. The van der Waals surface area contributed by atoms with Crippen molar-refractivity contribution in [3.8, 4) is 0 Å². The van der Waals surface area contributed by atoms with Crippen LogP contribution in [0.5, 0.6) is 0 Å². The molecule has 0 saturated heterocycles. The van der Waals surface area contributed by atoms with Crippen LogP contribution >= 0.6 is 46.4 Å². The van der Waals surface area contributed by atoms with Crippen molar-refractivity contribution in [1.29, 1.82) is 0 Å². The number of aliphatic hydroxyl groups is 1. The van der Waals surface area contributed by atoms with Crippen LogP contribution in [0.1, 0.15) is 30.4 Å². The molecule has 0 radical (unpaired) electrons. The molecule has 0 bridgehead atoms. The molecule has 0 unspecified atom stereocenters. The van der Waals surface area contributed by atoms with Gasteiger partial charge in [-0.2, -0.15) is 13.2 Å². The first-order valence-electron chi connectivity index (χ1n) is 9.64. The van der Waals surface area contributed by atoms with Crippen LogP contribution in [0.25, 0.3) is 0 Å². The molecule has 0 aliphatic heterocycles. The van der Waals surface area contributed by atoms with Crippen molar-refractivity contribution in [1.82, 2.24) is 5.32 Å². The molecule has 11 heteroatoms. The zero-order valence-electron chi connectivity index (χ0n) is 16.5. The predicted molar refractivity (Wildman–Crippen MR) is 121 cm³/mol. The molecule has 0 spiro atoms. The van der Waals surface area contributed by atoms with E-state index in [1.165, 1.54) is 12.1 Å². The van der Waals surface area contributed by atoms with Gasteiger partial charge in [-0.3, -0.25) is 4.79 Å². The number of hydrogen-bond donors (Lipinski definition) is 3. The van der Waals surface area contributed by atoms with E-state index in [-0.39, 0.29) is 38.2 Å². The molecule has 1 atom stereocenters. The highest BCUT2D eigenvalue weighted by Gasteiger charge is 2.55. The number of alkyl halides is 3. The summed E-state index contributed by atoms with van der Waals surface area (Å²) in [7, 11) is 0. The summed E-state index contributed by atoms with van der Waals surface area (Å²) in [6.07, 6.45) is -2.44. The molecule has 174 valence electrons. The van der Waals surface area contributed by atoms with Gasteiger partial charge >= 0.3 is 6.18 Å². The van der Waals surface area contributed by atoms with Crippen molar-refractivity contribution in [2.75, 3.05) is 11.9 Å². The van der Waals surface area contributed by atoms with E-state index in [0.29, 0.717) is 17.9 Å². The maximum atomic E-state index is 13.8. The van der Waals surface area contributed by atoms with Gasteiger partial charge in [-0.15, -0.1) is 0 Å². The number of halogens is 7. The number of carbonyl (C=O) groups is 1. The van der Waals surface area contributed by atoms with Gasteiger partial charge in [0.25, 0.3) is 0 Å². The Kier molecular flexibility index (Phi) is 7.77. The number of carbonyl (C=O) groups excluding carboxylic acids is 1. The molecule has 2 aromatic rings. The molecule has 1 amide bonds. The van der Waals surface area contributed by atoms with Gasteiger partial charge in [0.2, 0.25) is 11.5 Å². The largest absolute Gasteiger partial charge is 0.423 e. The Hall–Kier alpha value is -1.38. The first kappa shape index (κ1) is 25.2. The van der Waals surface area contributed by atoms with Crippen LogP contribution in [0.15, 0.2) is 30.3 Å². The third kappa shape index (κ3) is 5.94. The maximum Gasteiger partial charge on any atom is 0.423 e. The molecular formula is C21H19Cl4F3N2O2. The highest BCUT2D eigenvalue weighted by atomic mass is 35.5. The average molecular weight is 530 g/mol. The van der Waals surface area contributed by atoms with Gasteiger partial charge in [0.15, 0.2) is 0 Å². The highest BCUT2D eigenvalue weighted by molar-refractivity contribution is 6.48. The Labute approximate surface area is 203 Å². The van der Waals surface area contributed by atoms with Crippen molar-refractivity contribution in [3.05, 3.63) is 61.5 Å².